The molecule has 0 unspecified atom stereocenters. The molecule has 6 aromatic rings. The lowest BCUT2D eigenvalue weighted by Crippen LogP contribution is -1.87. The maximum atomic E-state index is 2.32. The predicted octanol–water partition coefficient (Wildman–Crippen LogP) is 9.82. The lowest BCUT2D eigenvalue weighted by molar-refractivity contribution is 1.46. The minimum Gasteiger partial charge on any atom is -0.0622 e. The molecular formula is C35H26. The summed E-state index contributed by atoms with van der Waals surface area (Å²) in [5.74, 6) is 0. The van der Waals surface area contributed by atoms with E-state index in [2.05, 4.69) is 146 Å². The van der Waals surface area contributed by atoms with Crippen LogP contribution in [0.2, 0.25) is 0 Å². The molecule has 0 spiro atoms. The molecule has 0 aliphatic rings. The van der Waals surface area contributed by atoms with Crippen LogP contribution in [0.5, 0.6) is 0 Å². The molecule has 0 saturated carbocycles. The van der Waals surface area contributed by atoms with Crippen molar-refractivity contribution in [1.82, 2.24) is 0 Å². The summed E-state index contributed by atoms with van der Waals surface area (Å²) in [5, 5.41) is 2.56. The second-order valence-corrected chi connectivity index (χ2v) is 9.14. The number of hydrogen-bond acceptors (Lipinski definition) is 0. The maximum Gasteiger partial charge on any atom is -0.0105 e. The van der Waals surface area contributed by atoms with E-state index in [1.54, 1.807) is 0 Å². The quantitative estimate of drug-likeness (QED) is 0.253. The van der Waals surface area contributed by atoms with E-state index >= 15 is 0 Å². The van der Waals surface area contributed by atoms with Crippen molar-refractivity contribution in [3.63, 3.8) is 0 Å². The molecule has 6 rings (SSSR count). The van der Waals surface area contributed by atoms with Crippen LogP contribution in [-0.2, 0) is 0 Å². The van der Waals surface area contributed by atoms with E-state index in [4.69, 9.17) is 0 Å². The van der Waals surface area contributed by atoms with Crippen molar-refractivity contribution < 1.29 is 0 Å². The second-order valence-electron chi connectivity index (χ2n) is 9.14. The van der Waals surface area contributed by atoms with E-state index in [0.29, 0.717) is 0 Å². The molecule has 0 saturated heterocycles. The molecule has 0 heteroatoms. The average molecular weight is 447 g/mol. The Labute approximate surface area is 207 Å². The van der Waals surface area contributed by atoms with Gasteiger partial charge in [-0.05, 0) is 86.0 Å². The number of aryl methyl sites for hydroxylation is 1. The number of hydrogen-bond donors (Lipinski definition) is 0. The number of fused-ring (bicyclic) bond motifs is 1. The Hall–Kier alpha value is -4.42. The van der Waals surface area contributed by atoms with E-state index in [1.807, 2.05) is 0 Å². The molecule has 35 heavy (non-hydrogen) atoms. The third kappa shape index (κ3) is 4.27. The van der Waals surface area contributed by atoms with Gasteiger partial charge < -0.3 is 0 Å². The standard InChI is InChI=1S/C35H26/c1-25-20-32(29-15-7-14-28(22-29)26-10-3-2-4-11-26)24-33(21-25)30-16-8-17-31(23-30)35-19-9-13-27-12-5-6-18-34(27)35/h2-24H,1H3. The highest BCUT2D eigenvalue weighted by molar-refractivity contribution is 5.97. The van der Waals surface area contributed by atoms with Gasteiger partial charge in [-0.25, -0.2) is 0 Å². The highest BCUT2D eigenvalue weighted by Crippen LogP contribution is 2.34. The summed E-state index contributed by atoms with van der Waals surface area (Å²) in [7, 11) is 0. The van der Waals surface area contributed by atoms with E-state index in [-0.39, 0.29) is 0 Å². The summed E-state index contributed by atoms with van der Waals surface area (Å²) in [4.78, 5) is 0. The van der Waals surface area contributed by atoms with E-state index in [9.17, 15) is 0 Å². The Balaban J connectivity index is 1.42. The lowest BCUT2D eigenvalue weighted by Gasteiger charge is -2.12. The van der Waals surface area contributed by atoms with Crippen molar-refractivity contribution >= 4 is 10.8 Å². The molecule has 6 aromatic carbocycles. The Morgan fingerprint density at radius 3 is 1.57 bits per heavy atom. The third-order valence-corrected chi connectivity index (χ3v) is 6.68. The SMILES string of the molecule is Cc1cc(-c2cccc(-c3ccccc3)c2)cc(-c2cccc(-c3cccc4ccccc34)c2)c1. The molecule has 0 radical (unpaired) electrons. The van der Waals surface area contributed by atoms with Crippen molar-refractivity contribution in [3.05, 3.63) is 145 Å². The highest BCUT2D eigenvalue weighted by Gasteiger charge is 2.08. The smallest absolute Gasteiger partial charge is 0.0105 e. The van der Waals surface area contributed by atoms with Crippen molar-refractivity contribution in [1.29, 1.82) is 0 Å². The van der Waals surface area contributed by atoms with Crippen LogP contribution in [-0.4, -0.2) is 0 Å². The van der Waals surface area contributed by atoms with Gasteiger partial charge in [-0.15, -0.1) is 0 Å². The molecule has 0 aliphatic heterocycles. The molecule has 0 aliphatic carbocycles. The van der Waals surface area contributed by atoms with Crippen LogP contribution in [0.15, 0.2) is 140 Å². The van der Waals surface area contributed by atoms with Gasteiger partial charge >= 0.3 is 0 Å². The monoisotopic (exact) mass is 446 g/mol. The zero-order valence-corrected chi connectivity index (χ0v) is 19.8. The average Bonchev–Trinajstić information content (AvgIpc) is 2.93. The fourth-order valence-electron chi connectivity index (χ4n) is 4.97. The molecule has 0 nitrogen and oxygen atoms in total. The van der Waals surface area contributed by atoms with Crippen LogP contribution in [0.4, 0.5) is 0 Å². The summed E-state index contributed by atoms with van der Waals surface area (Å²) < 4.78 is 0. The first-order chi connectivity index (χ1) is 17.2. The van der Waals surface area contributed by atoms with Crippen molar-refractivity contribution in [2.75, 3.05) is 0 Å². The van der Waals surface area contributed by atoms with Crippen LogP contribution in [0.3, 0.4) is 0 Å². The largest absolute Gasteiger partial charge is 0.0622 e. The molecule has 0 aromatic heterocycles. The van der Waals surface area contributed by atoms with Crippen molar-refractivity contribution in [2.24, 2.45) is 0 Å². The molecule has 0 bridgehead atoms. The molecule has 0 atom stereocenters. The van der Waals surface area contributed by atoms with Gasteiger partial charge in [0.2, 0.25) is 0 Å². The molecule has 0 N–H and O–H groups in total. The van der Waals surface area contributed by atoms with Gasteiger partial charge in [-0.3, -0.25) is 0 Å². The van der Waals surface area contributed by atoms with Crippen molar-refractivity contribution in [3.8, 4) is 44.5 Å². The summed E-state index contributed by atoms with van der Waals surface area (Å²) >= 11 is 0. The minimum absolute atomic E-state index is 1.24. The maximum absolute atomic E-state index is 2.32. The summed E-state index contributed by atoms with van der Waals surface area (Å²) in [6.07, 6.45) is 0. The fraction of sp³-hybridized carbons (Fsp3) is 0.0286. The van der Waals surface area contributed by atoms with Gasteiger partial charge in [0.05, 0.1) is 0 Å². The van der Waals surface area contributed by atoms with Crippen LogP contribution in [0, 0.1) is 6.92 Å². The molecular weight excluding hydrogens is 420 g/mol. The Morgan fingerprint density at radius 1 is 0.343 bits per heavy atom. The van der Waals surface area contributed by atoms with Crippen LogP contribution in [0.1, 0.15) is 5.56 Å². The summed E-state index contributed by atoms with van der Waals surface area (Å²) in [6, 6.07) is 50.4. The van der Waals surface area contributed by atoms with Gasteiger partial charge in [-0.2, -0.15) is 0 Å². The van der Waals surface area contributed by atoms with Crippen LogP contribution in [0.25, 0.3) is 55.3 Å². The van der Waals surface area contributed by atoms with Crippen LogP contribution < -0.4 is 0 Å². The third-order valence-electron chi connectivity index (χ3n) is 6.68. The van der Waals surface area contributed by atoms with E-state index in [1.165, 1.54) is 60.8 Å². The van der Waals surface area contributed by atoms with Crippen LogP contribution >= 0.6 is 0 Å². The van der Waals surface area contributed by atoms with Gasteiger partial charge in [-0.1, -0.05) is 121 Å². The normalized spacial score (nSPS) is 11.0. The minimum atomic E-state index is 1.24. The molecule has 0 amide bonds. The van der Waals surface area contributed by atoms with Gasteiger partial charge in [0.15, 0.2) is 0 Å². The first-order valence-electron chi connectivity index (χ1n) is 12.1. The van der Waals surface area contributed by atoms with Crippen molar-refractivity contribution in [2.45, 2.75) is 6.92 Å². The topological polar surface area (TPSA) is 0 Å². The van der Waals surface area contributed by atoms with E-state index in [0.717, 1.165) is 0 Å². The fourth-order valence-corrected chi connectivity index (χ4v) is 4.97. The Morgan fingerprint density at radius 2 is 0.829 bits per heavy atom. The lowest BCUT2D eigenvalue weighted by atomic mass is 9.92. The number of rotatable bonds is 4. The zero-order chi connectivity index (χ0) is 23.6. The van der Waals surface area contributed by atoms with E-state index < -0.39 is 0 Å². The van der Waals surface area contributed by atoms with Gasteiger partial charge in [0, 0.05) is 0 Å². The Kier molecular flexibility index (Phi) is 5.48. The Bertz CT molecular complexity index is 1640. The number of benzene rings is 6. The molecule has 0 fully saturated rings. The summed E-state index contributed by atoms with van der Waals surface area (Å²) in [5.41, 5.74) is 11.2. The van der Waals surface area contributed by atoms with Gasteiger partial charge in [0.25, 0.3) is 0 Å². The first kappa shape index (κ1) is 21.1. The first-order valence-corrected chi connectivity index (χ1v) is 12.1. The highest BCUT2D eigenvalue weighted by atomic mass is 14.1. The molecule has 0 heterocycles. The van der Waals surface area contributed by atoms with Gasteiger partial charge in [0.1, 0.15) is 0 Å². The summed E-state index contributed by atoms with van der Waals surface area (Å²) in [6.45, 7) is 2.18. The molecule has 166 valence electrons. The zero-order valence-electron chi connectivity index (χ0n) is 19.8. The predicted molar refractivity (Wildman–Crippen MR) is 150 cm³/mol. The second kappa shape index (κ2) is 9.08.